The lowest BCUT2D eigenvalue weighted by Gasteiger charge is -2.16. The fourth-order valence-electron chi connectivity index (χ4n) is 1.53. The van der Waals surface area contributed by atoms with Gasteiger partial charge in [0.05, 0.1) is 11.6 Å². The standard InChI is InChI=1S/C12H18N2O/c1-10(15)11(7-9-14(2)3)12-6-4-5-8-13-12/h4-6,8,11H,7,9H2,1-3H3/t11-/m0/s1. The Hall–Kier alpha value is -1.22. The summed E-state index contributed by atoms with van der Waals surface area (Å²) < 4.78 is 0. The van der Waals surface area contributed by atoms with Crippen molar-refractivity contribution in [1.82, 2.24) is 9.88 Å². The molecule has 0 aliphatic heterocycles. The molecule has 1 rings (SSSR count). The summed E-state index contributed by atoms with van der Waals surface area (Å²) in [5, 5.41) is 0. The van der Waals surface area contributed by atoms with Crippen molar-refractivity contribution in [2.75, 3.05) is 20.6 Å². The zero-order valence-corrected chi connectivity index (χ0v) is 9.60. The number of hydrogen-bond donors (Lipinski definition) is 0. The van der Waals surface area contributed by atoms with E-state index in [4.69, 9.17) is 0 Å². The van der Waals surface area contributed by atoms with Gasteiger partial charge in [-0.1, -0.05) is 6.07 Å². The lowest BCUT2D eigenvalue weighted by molar-refractivity contribution is -0.118. The van der Waals surface area contributed by atoms with Crippen molar-refractivity contribution in [3.8, 4) is 0 Å². The monoisotopic (exact) mass is 206 g/mol. The van der Waals surface area contributed by atoms with Gasteiger partial charge in [0.2, 0.25) is 0 Å². The van der Waals surface area contributed by atoms with Crippen molar-refractivity contribution in [3.63, 3.8) is 0 Å². The van der Waals surface area contributed by atoms with Crippen LogP contribution < -0.4 is 0 Å². The van der Waals surface area contributed by atoms with Gasteiger partial charge in [-0.2, -0.15) is 0 Å². The van der Waals surface area contributed by atoms with E-state index in [0.29, 0.717) is 0 Å². The van der Waals surface area contributed by atoms with Gasteiger partial charge in [0, 0.05) is 6.20 Å². The number of hydrogen-bond acceptors (Lipinski definition) is 3. The number of pyridine rings is 1. The quantitative estimate of drug-likeness (QED) is 0.735. The molecule has 0 radical (unpaired) electrons. The van der Waals surface area contributed by atoms with Crippen molar-refractivity contribution < 1.29 is 4.79 Å². The molecule has 82 valence electrons. The minimum absolute atomic E-state index is 0.0615. The van der Waals surface area contributed by atoms with E-state index >= 15 is 0 Å². The second kappa shape index (κ2) is 5.61. The Morgan fingerprint density at radius 2 is 2.20 bits per heavy atom. The Bertz CT molecular complexity index is 309. The smallest absolute Gasteiger partial charge is 0.138 e. The SMILES string of the molecule is CC(=O)[C@H](CCN(C)C)c1ccccn1. The Morgan fingerprint density at radius 1 is 1.47 bits per heavy atom. The molecule has 0 N–H and O–H groups in total. The number of carbonyl (C=O) groups is 1. The summed E-state index contributed by atoms with van der Waals surface area (Å²) >= 11 is 0. The predicted molar refractivity (Wildman–Crippen MR) is 60.8 cm³/mol. The lowest BCUT2D eigenvalue weighted by Crippen LogP contribution is -2.19. The van der Waals surface area contributed by atoms with Gasteiger partial charge in [0.1, 0.15) is 5.78 Å². The van der Waals surface area contributed by atoms with Crippen molar-refractivity contribution in [3.05, 3.63) is 30.1 Å². The van der Waals surface area contributed by atoms with Crippen LogP contribution in [0.3, 0.4) is 0 Å². The summed E-state index contributed by atoms with van der Waals surface area (Å²) in [5.74, 6) is 0.129. The topological polar surface area (TPSA) is 33.2 Å². The van der Waals surface area contributed by atoms with Gasteiger partial charge in [0.25, 0.3) is 0 Å². The summed E-state index contributed by atoms with van der Waals surface area (Å²) in [4.78, 5) is 17.8. The second-order valence-corrected chi connectivity index (χ2v) is 4.01. The van der Waals surface area contributed by atoms with E-state index in [-0.39, 0.29) is 11.7 Å². The average Bonchev–Trinajstić information content (AvgIpc) is 2.18. The molecule has 0 aromatic carbocycles. The van der Waals surface area contributed by atoms with Crippen molar-refractivity contribution >= 4 is 5.78 Å². The van der Waals surface area contributed by atoms with E-state index in [1.165, 1.54) is 0 Å². The van der Waals surface area contributed by atoms with Crippen molar-refractivity contribution in [2.24, 2.45) is 0 Å². The van der Waals surface area contributed by atoms with Gasteiger partial charge in [0.15, 0.2) is 0 Å². The highest BCUT2D eigenvalue weighted by atomic mass is 16.1. The molecule has 1 aromatic heterocycles. The number of nitrogens with zero attached hydrogens (tertiary/aromatic N) is 2. The maximum Gasteiger partial charge on any atom is 0.138 e. The molecular formula is C12H18N2O. The fraction of sp³-hybridized carbons (Fsp3) is 0.500. The van der Waals surface area contributed by atoms with Gasteiger partial charge in [-0.25, -0.2) is 0 Å². The highest BCUT2D eigenvalue weighted by Crippen LogP contribution is 2.18. The molecule has 0 aliphatic carbocycles. The molecule has 15 heavy (non-hydrogen) atoms. The van der Waals surface area contributed by atoms with E-state index in [0.717, 1.165) is 18.7 Å². The average molecular weight is 206 g/mol. The zero-order chi connectivity index (χ0) is 11.3. The van der Waals surface area contributed by atoms with Gasteiger partial charge < -0.3 is 4.90 Å². The first-order valence-corrected chi connectivity index (χ1v) is 5.17. The van der Waals surface area contributed by atoms with E-state index in [9.17, 15) is 4.79 Å². The van der Waals surface area contributed by atoms with Crippen LogP contribution in [-0.4, -0.2) is 36.3 Å². The summed E-state index contributed by atoms with van der Waals surface area (Å²) in [6.45, 7) is 2.54. The molecule has 1 atom stereocenters. The van der Waals surface area contributed by atoms with Crippen LogP contribution >= 0.6 is 0 Å². The second-order valence-electron chi connectivity index (χ2n) is 4.01. The molecule has 1 aromatic rings. The first-order valence-electron chi connectivity index (χ1n) is 5.17. The van der Waals surface area contributed by atoms with Crippen LogP contribution in [0, 0.1) is 0 Å². The van der Waals surface area contributed by atoms with Crippen LogP contribution in [-0.2, 0) is 4.79 Å². The summed E-state index contributed by atoms with van der Waals surface area (Å²) in [6, 6.07) is 5.71. The Kier molecular flexibility index (Phi) is 4.43. The number of ketones is 1. The van der Waals surface area contributed by atoms with Gasteiger partial charge in [-0.05, 0) is 46.1 Å². The molecule has 0 spiro atoms. The number of Topliss-reactive ketones (excluding diaryl/α,β-unsaturated/α-hetero) is 1. The normalized spacial score (nSPS) is 12.8. The molecule has 0 unspecified atom stereocenters. The number of carbonyl (C=O) groups excluding carboxylic acids is 1. The molecule has 3 heteroatoms. The molecule has 1 heterocycles. The van der Waals surface area contributed by atoms with E-state index in [1.54, 1.807) is 13.1 Å². The third-order valence-corrected chi connectivity index (χ3v) is 2.40. The number of aromatic nitrogens is 1. The van der Waals surface area contributed by atoms with Gasteiger partial charge >= 0.3 is 0 Å². The minimum atomic E-state index is -0.0615. The molecule has 0 saturated heterocycles. The van der Waals surface area contributed by atoms with E-state index in [2.05, 4.69) is 9.88 Å². The van der Waals surface area contributed by atoms with Crippen LogP contribution in [0.15, 0.2) is 24.4 Å². The van der Waals surface area contributed by atoms with Gasteiger partial charge in [-0.15, -0.1) is 0 Å². The molecule has 0 saturated carbocycles. The Morgan fingerprint density at radius 3 is 2.67 bits per heavy atom. The molecule has 0 fully saturated rings. The first-order chi connectivity index (χ1) is 7.11. The molecule has 0 bridgehead atoms. The maximum atomic E-state index is 11.5. The van der Waals surface area contributed by atoms with Crippen LogP contribution in [0.2, 0.25) is 0 Å². The fourth-order valence-corrected chi connectivity index (χ4v) is 1.53. The highest BCUT2D eigenvalue weighted by Gasteiger charge is 2.17. The summed E-state index contributed by atoms with van der Waals surface area (Å²) in [7, 11) is 4.02. The Labute approximate surface area is 91.1 Å². The van der Waals surface area contributed by atoms with E-state index < -0.39 is 0 Å². The first kappa shape index (κ1) is 11.9. The molecule has 3 nitrogen and oxygen atoms in total. The third-order valence-electron chi connectivity index (χ3n) is 2.40. The molecule has 0 aliphatic rings. The van der Waals surface area contributed by atoms with Crippen LogP contribution in [0.25, 0.3) is 0 Å². The van der Waals surface area contributed by atoms with Crippen LogP contribution in [0.4, 0.5) is 0 Å². The lowest BCUT2D eigenvalue weighted by atomic mass is 9.96. The van der Waals surface area contributed by atoms with Crippen LogP contribution in [0.1, 0.15) is 25.0 Å². The van der Waals surface area contributed by atoms with E-state index in [1.807, 2.05) is 32.3 Å². The third kappa shape index (κ3) is 3.80. The van der Waals surface area contributed by atoms with Crippen molar-refractivity contribution in [1.29, 1.82) is 0 Å². The van der Waals surface area contributed by atoms with Crippen molar-refractivity contribution in [2.45, 2.75) is 19.3 Å². The maximum absolute atomic E-state index is 11.5. The van der Waals surface area contributed by atoms with Crippen LogP contribution in [0.5, 0.6) is 0 Å². The Balaban J connectivity index is 2.71. The molecule has 0 amide bonds. The van der Waals surface area contributed by atoms with Gasteiger partial charge in [-0.3, -0.25) is 9.78 Å². The summed E-state index contributed by atoms with van der Waals surface area (Å²) in [6.07, 6.45) is 2.57. The predicted octanol–water partition coefficient (Wildman–Crippen LogP) is 1.71. The zero-order valence-electron chi connectivity index (χ0n) is 9.60. The minimum Gasteiger partial charge on any atom is -0.309 e. The molecular weight excluding hydrogens is 188 g/mol. The largest absolute Gasteiger partial charge is 0.309 e. The summed E-state index contributed by atoms with van der Waals surface area (Å²) in [5.41, 5.74) is 0.881. The number of rotatable bonds is 5. The highest BCUT2D eigenvalue weighted by molar-refractivity contribution is 5.82.